The molecule has 0 aliphatic heterocycles. The number of hydrogen-bond acceptors (Lipinski definition) is 2. The molecule has 35 heavy (non-hydrogen) atoms. The summed E-state index contributed by atoms with van der Waals surface area (Å²) in [6, 6.07) is 25.4. The number of nitrogens with zero attached hydrogens (tertiary/aromatic N) is 2. The van der Waals surface area contributed by atoms with Gasteiger partial charge in [-0.25, -0.2) is 0 Å². The van der Waals surface area contributed by atoms with Gasteiger partial charge in [0.15, 0.2) is 0 Å². The highest BCUT2D eigenvalue weighted by Crippen LogP contribution is 2.20. The summed E-state index contributed by atoms with van der Waals surface area (Å²) in [5.74, 6) is -0.211. The van der Waals surface area contributed by atoms with Crippen molar-refractivity contribution in [1.29, 1.82) is 0 Å². The third-order valence-corrected chi connectivity index (χ3v) is 6.65. The van der Waals surface area contributed by atoms with Crippen LogP contribution < -0.4 is 0 Å². The first-order chi connectivity index (χ1) is 16.9. The Labute approximate surface area is 214 Å². The molecule has 0 aliphatic rings. The molecule has 6 heteroatoms. The van der Waals surface area contributed by atoms with Crippen LogP contribution in [0.4, 0.5) is 0 Å². The number of halogens is 1. The number of para-hydroxylation sites is 1. The first-order valence-electron chi connectivity index (χ1n) is 11.9. The molecule has 1 N–H and O–H groups in total. The highest BCUT2D eigenvalue weighted by atomic mass is 79.9. The van der Waals surface area contributed by atoms with Crippen LogP contribution in [0.5, 0.6) is 0 Å². The fraction of sp³-hybridized carbons (Fsp3) is 0.241. The van der Waals surface area contributed by atoms with Crippen LogP contribution in [-0.4, -0.2) is 45.7 Å². The van der Waals surface area contributed by atoms with Gasteiger partial charge in [-0.1, -0.05) is 70.5 Å². The van der Waals surface area contributed by atoms with E-state index in [9.17, 15) is 9.59 Å². The molecule has 0 saturated carbocycles. The topological polar surface area (TPSA) is 56.4 Å². The van der Waals surface area contributed by atoms with Crippen LogP contribution in [0.25, 0.3) is 10.9 Å². The molecule has 0 unspecified atom stereocenters. The van der Waals surface area contributed by atoms with Gasteiger partial charge in [-0.05, 0) is 55.7 Å². The summed E-state index contributed by atoms with van der Waals surface area (Å²) in [4.78, 5) is 33.7. The molecule has 0 bridgehead atoms. The maximum atomic E-state index is 13.6. The van der Waals surface area contributed by atoms with Crippen molar-refractivity contribution in [3.63, 3.8) is 0 Å². The van der Waals surface area contributed by atoms with E-state index in [1.165, 1.54) is 10.9 Å². The Morgan fingerprint density at radius 2 is 1.69 bits per heavy atom. The highest BCUT2D eigenvalue weighted by Gasteiger charge is 2.25. The summed E-state index contributed by atoms with van der Waals surface area (Å²) < 4.78 is 0.836. The molecule has 2 amide bonds. The minimum absolute atomic E-state index is 0.0315. The van der Waals surface area contributed by atoms with E-state index >= 15 is 0 Å². The molecule has 0 aliphatic carbocycles. The van der Waals surface area contributed by atoms with E-state index in [-0.39, 0.29) is 24.4 Å². The summed E-state index contributed by atoms with van der Waals surface area (Å²) in [6.45, 7) is 4.97. The van der Waals surface area contributed by atoms with Gasteiger partial charge < -0.3 is 14.8 Å². The average molecular weight is 532 g/mol. The fourth-order valence-electron chi connectivity index (χ4n) is 4.21. The van der Waals surface area contributed by atoms with Crippen LogP contribution in [0.3, 0.4) is 0 Å². The van der Waals surface area contributed by atoms with Crippen LogP contribution >= 0.6 is 15.9 Å². The number of fused-ring (bicyclic) bond motifs is 1. The standard InChI is InChI=1S/C29H30BrN3O2/c1-21(2)33(29(35)23-11-8-12-25(30)17-23)20-28(34)32(19-22-9-4-3-5-10-22)16-15-24-18-31-27-14-7-6-13-26(24)27/h3-14,17-18,21,31H,15-16,19-20H2,1-2H3. The van der Waals surface area contributed by atoms with Gasteiger partial charge in [0.2, 0.25) is 5.91 Å². The second-order valence-electron chi connectivity index (χ2n) is 8.95. The summed E-state index contributed by atoms with van der Waals surface area (Å²) in [6.07, 6.45) is 2.75. The molecule has 1 aromatic heterocycles. The van der Waals surface area contributed by atoms with E-state index in [2.05, 4.69) is 33.0 Å². The molecule has 4 aromatic rings. The zero-order valence-corrected chi connectivity index (χ0v) is 21.7. The zero-order valence-electron chi connectivity index (χ0n) is 20.1. The van der Waals surface area contributed by atoms with E-state index in [0.717, 1.165) is 22.0 Å². The number of benzene rings is 3. The molecule has 0 spiro atoms. The number of amides is 2. The molecule has 4 rings (SSSR count). The van der Waals surface area contributed by atoms with Gasteiger partial charge in [-0.2, -0.15) is 0 Å². The van der Waals surface area contributed by atoms with Crippen LogP contribution in [-0.2, 0) is 17.8 Å². The second kappa shape index (κ2) is 11.4. The Morgan fingerprint density at radius 3 is 2.43 bits per heavy atom. The second-order valence-corrected chi connectivity index (χ2v) is 9.86. The summed E-state index contributed by atoms with van der Waals surface area (Å²) in [7, 11) is 0. The zero-order chi connectivity index (χ0) is 24.8. The summed E-state index contributed by atoms with van der Waals surface area (Å²) >= 11 is 3.44. The molecule has 5 nitrogen and oxygen atoms in total. The Hall–Kier alpha value is -3.38. The number of nitrogens with one attached hydrogen (secondary N) is 1. The normalized spacial score (nSPS) is 11.1. The highest BCUT2D eigenvalue weighted by molar-refractivity contribution is 9.10. The lowest BCUT2D eigenvalue weighted by molar-refractivity contribution is -0.132. The van der Waals surface area contributed by atoms with E-state index in [1.807, 2.05) is 79.5 Å². The monoisotopic (exact) mass is 531 g/mol. The SMILES string of the molecule is CC(C)N(CC(=O)N(CCc1c[nH]c2ccccc12)Cc1ccccc1)C(=O)c1cccc(Br)c1. The molecule has 1 heterocycles. The van der Waals surface area contributed by atoms with E-state index < -0.39 is 0 Å². The Balaban J connectivity index is 1.54. The Kier molecular flexibility index (Phi) is 8.03. The minimum atomic E-state index is -0.147. The molecule has 0 atom stereocenters. The van der Waals surface area contributed by atoms with Gasteiger partial charge in [0, 0.05) is 46.3 Å². The average Bonchev–Trinajstić information content (AvgIpc) is 3.28. The predicted molar refractivity (Wildman–Crippen MR) is 144 cm³/mol. The third kappa shape index (κ3) is 6.20. The molecule has 0 radical (unpaired) electrons. The lowest BCUT2D eigenvalue weighted by Crippen LogP contribution is -2.46. The summed E-state index contributed by atoms with van der Waals surface area (Å²) in [5.41, 5.74) is 3.90. The molecule has 3 aromatic carbocycles. The predicted octanol–water partition coefficient (Wildman–Crippen LogP) is 6.05. The Morgan fingerprint density at radius 1 is 0.943 bits per heavy atom. The van der Waals surface area contributed by atoms with Gasteiger partial charge in [-0.3, -0.25) is 9.59 Å². The van der Waals surface area contributed by atoms with Gasteiger partial charge in [0.25, 0.3) is 5.91 Å². The largest absolute Gasteiger partial charge is 0.361 e. The number of aromatic nitrogens is 1. The number of aromatic amines is 1. The quantitative estimate of drug-likeness (QED) is 0.285. The summed E-state index contributed by atoms with van der Waals surface area (Å²) in [5, 5.41) is 1.17. The van der Waals surface area contributed by atoms with Crippen molar-refractivity contribution >= 4 is 38.6 Å². The molecular formula is C29H30BrN3O2. The van der Waals surface area contributed by atoms with Crippen molar-refractivity contribution in [2.24, 2.45) is 0 Å². The van der Waals surface area contributed by atoms with Gasteiger partial charge >= 0.3 is 0 Å². The Bertz CT molecular complexity index is 1300. The van der Waals surface area contributed by atoms with Crippen molar-refractivity contribution in [2.75, 3.05) is 13.1 Å². The van der Waals surface area contributed by atoms with Gasteiger partial charge in [0.05, 0.1) is 0 Å². The van der Waals surface area contributed by atoms with Gasteiger partial charge in [-0.15, -0.1) is 0 Å². The van der Waals surface area contributed by atoms with Crippen molar-refractivity contribution < 1.29 is 9.59 Å². The lowest BCUT2D eigenvalue weighted by atomic mass is 10.1. The number of carbonyl (C=O) groups is 2. The van der Waals surface area contributed by atoms with Crippen LogP contribution in [0.1, 0.15) is 35.3 Å². The van der Waals surface area contributed by atoms with Crippen LogP contribution in [0.15, 0.2) is 89.5 Å². The molecule has 0 fully saturated rings. The minimum Gasteiger partial charge on any atom is -0.361 e. The van der Waals surface area contributed by atoms with Crippen molar-refractivity contribution in [3.05, 3.63) is 106 Å². The van der Waals surface area contributed by atoms with Crippen molar-refractivity contribution in [3.8, 4) is 0 Å². The molecule has 0 saturated heterocycles. The molecular weight excluding hydrogens is 502 g/mol. The van der Waals surface area contributed by atoms with E-state index in [0.29, 0.717) is 18.7 Å². The first kappa shape index (κ1) is 24.7. The number of rotatable bonds is 9. The first-order valence-corrected chi connectivity index (χ1v) is 12.6. The smallest absolute Gasteiger partial charge is 0.254 e. The van der Waals surface area contributed by atoms with Crippen LogP contribution in [0, 0.1) is 0 Å². The number of carbonyl (C=O) groups excluding carboxylic acids is 2. The fourth-order valence-corrected chi connectivity index (χ4v) is 4.61. The van der Waals surface area contributed by atoms with Gasteiger partial charge in [0.1, 0.15) is 6.54 Å². The number of hydrogen-bond donors (Lipinski definition) is 1. The lowest BCUT2D eigenvalue weighted by Gasteiger charge is -2.30. The molecule has 180 valence electrons. The third-order valence-electron chi connectivity index (χ3n) is 6.16. The van der Waals surface area contributed by atoms with E-state index in [4.69, 9.17) is 0 Å². The van der Waals surface area contributed by atoms with Crippen molar-refractivity contribution in [1.82, 2.24) is 14.8 Å². The maximum Gasteiger partial charge on any atom is 0.254 e. The van der Waals surface area contributed by atoms with Crippen LogP contribution in [0.2, 0.25) is 0 Å². The maximum absolute atomic E-state index is 13.6. The van der Waals surface area contributed by atoms with E-state index in [1.54, 1.807) is 17.0 Å². The van der Waals surface area contributed by atoms with Crippen molar-refractivity contribution in [2.45, 2.75) is 32.9 Å². The number of H-pyrrole nitrogens is 1.